The van der Waals surface area contributed by atoms with Crippen LogP contribution < -0.4 is 10.2 Å². The number of amides is 1. The summed E-state index contributed by atoms with van der Waals surface area (Å²) < 4.78 is 5.35. The summed E-state index contributed by atoms with van der Waals surface area (Å²) in [7, 11) is 1.90. The topological polar surface area (TPSA) is 71.3 Å². The second-order valence-corrected chi connectivity index (χ2v) is 5.61. The van der Waals surface area contributed by atoms with Gasteiger partial charge in [-0.05, 0) is 38.6 Å². The number of halogens is 1. The number of anilines is 1. The molecule has 23 heavy (non-hydrogen) atoms. The Hall–Kier alpha value is -1.92. The summed E-state index contributed by atoms with van der Waals surface area (Å²) in [4.78, 5) is 18.1. The fourth-order valence-electron chi connectivity index (χ4n) is 2.56. The van der Waals surface area contributed by atoms with Crippen molar-refractivity contribution < 1.29 is 9.32 Å². The number of nitrogens with one attached hydrogen (secondary N) is 1. The maximum atomic E-state index is 11.8. The quantitative estimate of drug-likeness (QED) is 0.908. The van der Waals surface area contributed by atoms with Gasteiger partial charge in [0.25, 0.3) is 5.89 Å². The van der Waals surface area contributed by atoms with E-state index in [1.807, 2.05) is 36.2 Å². The van der Waals surface area contributed by atoms with Crippen LogP contribution in [0.3, 0.4) is 0 Å². The molecule has 1 amide bonds. The Kier molecular flexibility index (Phi) is 5.74. The summed E-state index contributed by atoms with van der Waals surface area (Å²) in [6.07, 6.45) is 2.25. The van der Waals surface area contributed by atoms with Gasteiger partial charge in [0.05, 0.1) is 0 Å². The second-order valence-electron chi connectivity index (χ2n) is 5.61. The number of carbonyl (C=O) groups excluding carboxylic acids is 1. The number of hydrogen-bond donors (Lipinski definition) is 1. The van der Waals surface area contributed by atoms with Gasteiger partial charge in [-0.1, -0.05) is 11.2 Å². The molecule has 1 atom stereocenters. The molecule has 3 rings (SSSR count). The van der Waals surface area contributed by atoms with E-state index >= 15 is 0 Å². The highest BCUT2D eigenvalue weighted by molar-refractivity contribution is 5.95. The Morgan fingerprint density at radius 3 is 2.96 bits per heavy atom. The zero-order valence-electron chi connectivity index (χ0n) is 13.3. The van der Waals surface area contributed by atoms with E-state index in [4.69, 9.17) is 4.52 Å². The molecular weight excluding hydrogens is 316 g/mol. The Balaban J connectivity index is 0.00000192. The molecule has 0 saturated carbocycles. The first-order chi connectivity index (χ1) is 10.7. The highest BCUT2D eigenvalue weighted by Gasteiger charge is 2.22. The molecule has 0 radical (unpaired) electrons. The predicted octanol–water partition coefficient (Wildman–Crippen LogP) is 2.44. The molecule has 1 aromatic heterocycles. The van der Waals surface area contributed by atoms with Crippen molar-refractivity contribution in [3.63, 3.8) is 0 Å². The predicted molar refractivity (Wildman–Crippen MR) is 90.8 cm³/mol. The first-order valence-corrected chi connectivity index (χ1v) is 7.58. The molecule has 1 aromatic carbocycles. The van der Waals surface area contributed by atoms with Crippen molar-refractivity contribution in [2.24, 2.45) is 0 Å². The van der Waals surface area contributed by atoms with E-state index in [1.54, 1.807) is 0 Å². The number of carbonyl (C=O) groups is 1. The molecule has 7 heteroatoms. The summed E-state index contributed by atoms with van der Waals surface area (Å²) in [5, 5.41) is 7.16. The van der Waals surface area contributed by atoms with Crippen molar-refractivity contribution >= 4 is 24.0 Å². The van der Waals surface area contributed by atoms with E-state index in [9.17, 15) is 4.79 Å². The van der Waals surface area contributed by atoms with Crippen molar-refractivity contribution in [2.75, 3.05) is 18.5 Å². The lowest BCUT2D eigenvalue weighted by atomic mass is 10.2. The zero-order valence-corrected chi connectivity index (χ0v) is 14.1. The number of rotatable bonds is 5. The van der Waals surface area contributed by atoms with Gasteiger partial charge in [-0.3, -0.25) is 4.79 Å². The minimum Gasteiger partial charge on any atom is -0.334 e. The average molecular weight is 337 g/mol. The first kappa shape index (κ1) is 17.4. The number of likely N-dealkylation sites (N-methyl/N-ethyl adjacent to an activating group) is 1. The third-order valence-electron chi connectivity index (χ3n) is 3.93. The van der Waals surface area contributed by atoms with Crippen molar-refractivity contribution in [3.05, 3.63) is 30.1 Å². The maximum absolute atomic E-state index is 11.8. The monoisotopic (exact) mass is 336 g/mol. The number of benzene rings is 1. The van der Waals surface area contributed by atoms with Gasteiger partial charge < -0.3 is 14.7 Å². The molecule has 1 N–H and O–H groups in total. The lowest BCUT2D eigenvalue weighted by molar-refractivity contribution is -0.117. The van der Waals surface area contributed by atoms with Gasteiger partial charge >= 0.3 is 0 Å². The Morgan fingerprint density at radius 2 is 2.26 bits per heavy atom. The normalized spacial score (nSPS) is 15.6. The van der Waals surface area contributed by atoms with E-state index in [0.717, 1.165) is 24.2 Å². The van der Waals surface area contributed by atoms with E-state index in [1.165, 1.54) is 0 Å². The van der Waals surface area contributed by atoms with Crippen molar-refractivity contribution in [2.45, 2.75) is 32.2 Å². The molecule has 6 nitrogen and oxygen atoms in total. The van der Waals surface area contributed by atoms with Crippen LogP contribution in [0, 0.1) is 0 Å². The van der Waals surface area contributed by atoms with Crippen molar-refractivity contribution in [3.8, 4) is 11.5 Å². The maximum Gasteiger partial charge on any atom is 0.257 e. The van der Waals surface area contributed by atoms with Crippen LogP contribution in [0.4, 0.5) is 5.69 Å². The van der Waals surface area contributed by atoms with Crippen LogP contribution in [0.5, 0.6) is 0 Å². The molecule has 0 spiro atoms. The van der Waals surface area contributed by atoms with Crippen LogP contribution in [0.15, 0.2) is 28.8 Å². The summed E-state index contributed by atoms with van der Waals surface area (Å²) >= 11 is 0. The average Bonchev–Trinajstić information content (AvgIpc) is 3.16. The second kappa shape index (κ2) is 7.57. The smallest absolute Gasteiger partial charge is 0.257 e. The highest BCUT2D eigenvalue weighted by atomic mass is 35.5. The van der Waals surface area contributed by atoms with Crippen LogP contribution in [0.2, 0.25) is 0 Å². The highest BCUT2D eigenvalue weighted by Crippen LogP contribution is 2.26. The third-order valence-corrected chi connectivity index (χ3v) is 3.93. The van der Waals surface area contributed by atoms with E-state index in [-0.39, 0.29) is 18.3 Å². The molecule has 1 saturated heterocycles. The summed E-state index contributed by atoms with van der Waals surface area (Å²) in [5.41, 5.74) is 1.73. The molecule has 124 valence electrons. The third kappa shape index (κ3) is 3.89. The Labute approximate surface area is 141 Å². The van der Waals surface area contributed by atoms with Crippen molar-refractivity contribution in [1.82, 2.24) is 15.5 Å². The zero-order chi connectivity index (χ0) is 15.5. The fourth-order valence-corrected chi connectivity index (χ4v) is 2.56. The van der Waals surface area contributed by atoms with Gasteiger partial charge in [0, 0.05) is 36.7 Å². The molecule has 0 aliphatic carbocycles. The number of nitrogens with zero attached hydrogens (tertiary/aromatic N) is 3. The lowest BCUT2D eigenvalue weighted by Crippen LogP contribution is -2.24. The summed E-state index contributed by atoms with van der Waals surface area (Å²) in [6, 6.07) is 7.99. The van der Waals surface area contributed by atoms with Crippen LogP contribution >= 0.6 is 12.4 Å². The van der Waals surface area contributed by atoms with Crippen LogP contribution in [0.1, 0.15) is 25.6 Å². The fraction of sp³-hybridized carbons (Fsp3) is 0.438. The van der Waals surface area contributed by atoms with Gasteiger partial charge in [-0.25, -0.2) is 0 Å². The Morgan fingerprint density at radius 1 is 1.43 bits per heavy atom. The van der Waals surface area contributed by atoms with E-state index < -0.39 is 0 Å². The summed E-state index contributed by atoms with van der Waals surface area (Å²) in [5.74, 6) is 1.34. The number of hydrogen-bond acceptors (Lipinski definition) is 5. The van der Waals surface area contributed by atoms with Crippen molar-refractivity contribution in [1.29, 1.82) is 0 Å². The number of aromatic nitrogens is 2. The summed E-state index contributed by atoms with van der Waals surface area (Å²) in [6.45, 7) is 2.84. The minimum atomic E-state index is 0. The van der Waals surface area contributed by atoms with Gasteiger partial charge in [-0.15, -0.1) is 12.4 Å². The standard InChI is InChI=1S/C16H20N4O2.ClH/c1-11(17-2)9-14-18-16(22-19-14)12-5-3-6-13(10-12)20-8-4-7-15(20)21;/h3,5-6,10-11,17H,4,7-9H2,1-2H3;1H. The van der Waals surface area contributed by atoms with Crippen LogP contribution in [0.25, 0.3) is 11.5 Å². The van der Waals surface area contributed by atoms with Crippen LogP contribution in [-0.4, -0.2) is 35.7 Å². The molecular formula is C16H21ClN4O2. The molecule has 2 heterocycles. The molecule has 1 fully saturated rings. The van der Waals surface area contributed by atoms with Gasteiger partial charge in [0.15, 0.2) is 5.82 Å². The van der Waals surface area contributed by atoms with Gasteiger partial charge in [-0.2, -0.15) is 4.98 Å². The lowest BCUT2D eigenvalue weighted by Gasteiger charge is -2.15. The minimum absolute atomic E-state index is 0. The largest absolute Gasteiger partial charge is 0.334 e. The molecule has 1 unspecified atom stereocenters. The Bertz CT molecular complexity index is 674. The van der Waals surface area contributed by atoms with Gasteiger partial charge in [0.2, 0.25) is 5.91 Å². The van der Waals surface area contributed by atoms with E-state index in [2.05, 4.69) is 22.4 Å². The SMILES string of the molecule is CNC(C)Cc1noc(-c2cccc(N3CCCC3=O)c2)n1.Cl. The first-order valence-electron chi connectivity index (χ1n) is 7.58. The molecule has 0 bridgehead atoms. The van der Waals surface area contributed by atoms with E-state index in [0.29, 0.717) is 30.6 Å². The molecule has 2 aromatic rings. The van der Waals surface area contributed by atoms with Gasteiger partial charge in [0.1, 0.15) is 0 Å². The molecule has 1 aliphatic heterocycles. The van der Waals surface area contributed by atoms with Crippen LogP contribution in [-0.2, 0) is 11.2 Å². The molecule has 1 aliphatic rings.